The van der Waals surface area contributed by atoms with Crippen molar-refractivity contribution in [2.24, 2.45) is 0 Å². The Bertz CT molecular complexity index is 826. The maximum Gasteiger partial charge on any atom is 0.242 e. The van der Waals surface area contributed by atoms with E-state index in [-0.39, 0.29) is 30.8 Å². The van der Waals surface area contributed by atoms with Crippen LogP contribution in [-0.2, 0) is 22.6 Å². The molecule has 4 nitrogen and oxygen atoms in total. The predicted molar refractivity (Wildman–Crippen MR) is 109 cm³/mol. The molecular formula is C22H26ClFN2O2. The fraction of sp³-hybridized carbons (Fsp3) is 0.364. The highest BCUT2D eigenvalue weighted by atomic mass is 35.5. The summed E-state index contributed by atoms with van der Waals surface area (Å²) in [5.74, 6) is -0.894. The van der Waals surface area contributed by atoms with E-state index in [2.05, 4.69) is 5.32 Å². The molecule has 28 heavy (non-hydrogen) atoms. The highest BCUT2D eigenvalue weighted by molar-refractivity contribution is 6.31. The average molecular weight is 405 g/mol. The number of hydrogen-bond donors (Lipinski definition) is 1. The van der Waals surface area contributed by atoms with Crippen molar-refractivity contribution < 1.29 is 14.0 Å². The zero-order chi connectivity index (χ0) is 20.7. The number of nitrogens with one attached hydrogen (secondary N) is 1. The number of nitrogens with zero attached hydrogens (tertiary/aromatic N) is 1. The van der Waals surface area contributed by atoms with Crippen molar-refractivity contribution in [3.8, 4) is 0 Å². The molecule has 0 aliphatic carbocycles. The van der Waals surface area contributed by atoms with Gasteiger partial charge in [0.05, 0.1) is 0 Å². The van der Waals surface area contributed by atoms with Crippen LogP contribution in [0.15, 0.2) is 48.5 Å². The molecule has 2 rings (SSSR count). The van der Waals surface area contributed by atoms with E-state index in [1.54, 1.807) is 31.2 Å². The third-order valence-electron chi connectivity index (χ3n) is 4.46. The summed E-state index contributed by atoms with van der Waals surface area (Å²) in [6.07, 6.45) is 0.627. The van der Waals surface area contributed by atoms with Gasteiger partial charge < -0.3 is 10.2 Å². The standard InChI is InChI=1S/C22H26ClFN2O2/c1-15(2)25-22(28)16(3)26(14-18-9-5-7-11-20(18)24)21(27)13-12-17-8-4-6-10-19(17)23/h4-11,15-16H,12-14H2,1-3H3,(H,25,28). The summed E-state index contributed by atoms with van der Waals surface area (Å²) in [7, 11) is 0. The van der Waals surface area contributed by atoms with E-state index >= 15 is 0 Å². The van der Waals surface area contributed by atoms with Gasteiger partial charge in [-0.05, 0) is 44.9 Å². The third-order valence-corrected chi connectivity index (χ3v) is 4.83. The van der Waals surface area contributed by atoms with Crippen LogP contribution in [0.1, 0.15) is 38.3 Å². The maximum atomic E-state index is 14.1. The summed E-state index contributed by atoms with van der Waals surface area (Å²) in [4.78, 5) is 26.9. The van der Waals surface area contributed by atoms with Gasteiger partial charge in [-0.1, -0.05) is 48.0 Å². The Kier molecular flexibility index (Phi) is 8.00. The van der Waals surface area contributed by atoms with Crippen LogP contribution >= 0.6 is 11.6 Å². The molecule has 0 bridgehead atoms. The van der Waals surface area contributed by atoms with Crippen LogP contribution in [0.3, 0.4) is 0 Å². The molecule has 0 aromatic heterocycles. The lowest BCUT2D eigenvalue weighted by Crippen LogP contribution is -2.49. The lowest BCUT2D eigenvalue weighted by Gasteiger charge is -2.29. The minimum Gasteiger partial charge on any atom is -0.352 e. The summed E-state index contributed by atoms with van der Waals surface area (Å²) >= 11 is 6.17. The van der Waals surface area contributed by atoms with Crippen LogP contribution in [0.5, 0.6) is 0 Å². The largest absolute Gasteiger partial charge is 0.352 e. The molecule has 6 heteroatoms. The molecule has 0 radical (unpaired) electrons. The molecule has 2 amide bonds. The molecule has 2 aromatic carbocycles. The van der Waals surface area contributed by atoms with Gasteiger partial charge in [-0.3, -0.25) is 9.59 Å². The van der Waals surface area contributed by atoms with Crippen molar-refractivity contribution in [1.82, 2.24) is 10.2 Å². The Hall–Kier alpha value is -2.40. The van der Waals surface area contributed by atoms with Crippen molar-refractivity contribution in [2.75, 3.05) is 0 Å². The number of hydrogen-bond acceptors (Lipinski definition) is 2. The van der Waals surface area contributed by atoms with E-state index in [1.165, 1.54) is 11.0 Å². The number of carbonyl (C=O) groups excluding carboxylic acids is 2. The number of amides is 2. The molecule has 150 valence electrons. The van der Waals surface area contributed by atoms with E-state index in [4.69, 9.17) is 11.6 Å². The minimum absolute atomic E-state index is 0.0285. The Morgan fingerprint density at radius 2 is 1.64 bits per heavy atom. The zero-order valence-corrected chi connectivity index (χ0v) is 17.2. The van der Waals surface area contributed by atoms with Crippen LogP contribution in [0.25, 0.3) is 0 Å². The number of aryl methyl sites for hydroxylation is 1. The van der Waals surface area contributed by atoms with Gasteiger partial charge >= 0.3 is 0 Å². The van der Waals surface area contributed by atoms with E-state index in [9.17, 15) is 14.0 Å². The van der Waals surface area contributed by atoms with E-state index in [0.717, 1.165) is 5.56 Å². The smallest absolute Gasteiger partial charge is 0.242 e. The first-order valence-corrected chi connectivity index (χ1v) is 9.74. The van der Waals surface area contributed by atoms with Crippen molar-refractivity contribution in [2.45, 2.75) is 52.2 Å². The summed E-state index contributed by atoms with van der Waals surface area (Å²) in [5, 5.41) is 3.41. The van der Waals surface area contributed by atoms with Crippen molar-refractivity contribution in [3.05, 3.63) is 70.5 Å². The molecule has 1 atom stereocenters. The molecule has 0 spiro atoms. The van der Waals surface area contributed by atoms with Crippen molar-refractivity contribution in [1.29, 1.82) is 0 Å². The number of carbonyl (C=O) groups is 2. The topological polar surface area (TPSA) is 49.4 Å². The molecular weight excluding hydrogens is 379 g/mol. The number of halogens is 2. The summed E-state index contributed by atoms with van der Waals surface area (Å²) in [5.41, 5.74) is 1.24. The van der Waals surface area contributed by atoms with Crippen LogP contribution in [0.2, 0.25) is 5.02 Å². The van der Waals surface area contributed by atoms with Crippen LogP contribution in [0.4, 0.5) is 4.39 Å². The maximum absolute atomic E-state index is 14.1. The predicted octanol–water partition coefficient (Wildman–Crippen LogP) is 4.35. The van der Waals surface area contributed by atoms with Gasteiger partial charge in [0, 0.05) is 29.6 Å². The molecule has 1 N–H and O–H groups in total. The number of benzene rings is 2. The van der Waals surface area contributed by atoms with Gasteiger partial charge in [-0.2, -0.15) is 0 Å². The first-order valence-electron chi connectivity index (χ1n) is 9.36. The van der Waals surface area contributed by atoms with Gasteiger partial charge in [0.25, 0.3) is 0 Å². The van der Waals surface area contributed by atoms with E-state index < -0.39 is 11.9 Å². The van der Waals surface area contributed by atoms with Crippen molar-refractivity contribution >= 4 is 23.4 Å². The summed E-state index contributed by atoms with van der Waals surface area (Å²) < 4.78 is 14.1. The minimum atomic E-state index is -0.722. The van der Waals surface area contributed by atoms with E-state index in [1.807, 2.05) is 32.0 Å². The fourth-order valence-electron chi connectivity index (χ4n) is 2.88. The van der Waals surface area contributed by atoms with Crippen LogP contribution in [-0.4, -0.2) is 28.8 Å². The second-order valence-electron chi connectivity index (χ2n) is 7.04. The van der Waals surface area contributed by atoms with Crippen molar-refractivity contribution in [3.63, 3.8) is 0 Å². The lowest BCUT2D eigenvalue weighted by molar-refractivity contribution is -0.140. The second-order valence-corrected chi connectivity index (χ2v) is 7.45. The summed E-state index contributed by atoms with van der Waals surface area (Å²) in [6, 6.07) is 12.8. The second kappa shape index (κ2) is 10.2. The highest BCUT2D eigenvalue weighted by Gasteiger charge is 2.27. The Labute approximate surface area is 170 Å². The zero-order valence-electron chi connectivity index (χ0n) is 16.4. The van der Waals surface area contributed by atoms with Gasteiger partial charge in [-0.15, -0.1) is 0 Å². The lowest BCUT2D eigenvalue weighted by atomic mass is 10.1. The van der Waals surface area contributed by atoms with Crippen LogP contribution in [0, 0.1) is 5.82 Å². The summed E-state index contributed by atoms with van der Waals surface area (Å²) in [6.45, 7) is 5.39. The Balaban J connectivity index is 2.18. The fourth-order valence-corrected chi connectivity index (χ4v) is 3.11. The van der Waals surface area contributed by atoms with Gasteiger partial charge in [0.15, 0.2) is 0 Å². The third kappa shape index (κ3) is 6.06. The molecule has 0 saturated heterocycles. The monoisotopic (exact) mass is 404 g/mol. The van der Waals surface area contributed by atoms with Gasteiger partial charge in [-0.25, -0.2) is 4.39 Å². The first-order chi connectivity index (χ1) is 13.3. The molecule has 0 heterocycles. The average Bonchev–Trinajstić information content (AvgIpc) is 2.65. The molecule has 0 aliphatic heterocycles. The normalized spacial score (nSPS) is 11.9. The SMILES string of the molecule is CC(C)NC(=O)C(C)N(Cc1ccccc1F)C(=O)CCc1ccccc1Cl. The Morgan fingerprint density at radius 1 is 1.04 bits per heavy atom. The Morgan fingerprint density at radius 3 is 2.25 bits per heavy atom. The molecule has 0 aliphatic rings. The quantitative estimate of drug-likeness (QED) is 0.710. The van der Waals surface area contributed by atoms with E-state index in [0.29, 0.717) is 17.0 Å². The highest BCUT2D eigenvalue weighted by Crippen LogP contribution is 2.19. The molecule has 1 unspecified atom stereocenters. The molecule has 2 aromatic rings. The van der Waals surface area contributed by atoms with Gasteiger partial charge in [0.2, 0.25) is 11.8 Å². The van der Waals surface area contributed by atoms with Crippen LogP contribution < -0.4 is 5.32 Å². The molecule has 0 saturated carbocycles. The molecule has 0 fully saturated rings. The van der Waals surface area contributed by atoms with Gasteiger partial charge in [0.1, 0.15) is 11.9 Å². The first kappa shape index (κ1) is 21.9. The number of rotatable bonds is 8.